The minimum Gasteiger partial charge on any atom is -0.322 e. The Bertz CT molecular complexity index is 93.3. The molecule has 0 aliphatic heterocycles. The minimum atomic E-state index is 0.880. The van der Waals surface area contributed by atoms with Gasteiger partial charge in [-0.1, -0.05) is 13.8 Å². The van der Waals surface area contributed by atoms with E-state index in [0.717, 1.165) is 6.04 Å². The van der Waals surface area contributed by atoms with Gasteiger partial charge >= 0.3 is 0 Å². The first kappa shape index (κ1) is 12.0. The lowest BCUT2D eigenvalue weighted by Gasteiger charge is -2.42. The topological polar surface area (TPSA) is 0 Å². The molecule has 0 amide bonds. The largest absolute Gasteiger partial charge is 0.322 e. The molecule has 12 heavy (non-hydrogen) atoms. The smallest absolute Gasteiger partial charge is 0.0884 e. The number of hydrogen-bond donors (Lipinski definition) is 0. The standard InChI is InChI=1S/C11H26N/c1-6-11(7-2)12(8-3,9-4)10-5/h11H,6-10H2,1-5H3/q+1. The predicted molar refractivity (Wildman–Crippen MR) is 56.3 cm³/mol. The highest BCUT2D eigenvalue weighted by atomic mass is 15.4. The van der Waals surface area contributed by atoms with E-state index in [0.29, 0.717) is 0 Å². The molecule has 0 heterocycles. The Hall–Kier alpha value is -0.0400. The molecule has 0 aromatic carbocycles. The van der Waals surface area contributed by atoms with Crippen LogP contribution in [0.3, 0.4) is 0 Å². The first-order chi connectivity index (χ1) is 5.70. The van der Waals surface area contributed by atoms with Crippen molar-refractivity contribution in [2.75, 3.05) is 19.6 Å². The van der Waals surface area contributed by atoms with Crippen LogP contribution in [-0.2, 0) is 0 Å². The highest BCUT2D eigenvalue weighted by molar-refractivity contribution is 4.54. The Balaban J connectivity index is 4.42. The third kappa shape index (κ3) is 2.22. The van der Waals surface area contributed by atoms with Crippen LogP contribution in [0.15, 0.2) is 0 Å². The lowest BCUT2D eigenvalue weighted by molar-refractivity contribution is -0.947. The van der Waals surface area contributed by atoms with Crippen molar-refractivity contribution in [1.82, 2.24) is 0 Å². The van der Waals surface area contributed by atoms with Gasteiger partial charge in [-0.2, -0.15) is 0 Å². The Kier molecular flexibility index (Phi) is 5.56. The zero-order valence-corrected chi connectivity index (χ0v) is 9.56. The van der Waals surface area contributed by atoms with Gasteiger partial charge in [0, 0.05) is 0 Å². The van der Waals surface area contributed by atoms with E-state index in [-0.39, 0.29) is 0 Å². The third-order valence-electron chi connectivity index (χ3n) is 3.61. The van der Waals surface area contributed by atoms with Gasteiger partial charge in [-0.25, -0.2) is 0 Å². The molecule has 1 nitrogen and oxygen atoms in total. The van der Waals surface area contributed by atoms with Gasteiger partial charge in [0.05, 0.1) is 25.7 Å². The van der Waals surface area contributed by atoms with Crippen molar-refractivity contribution in [3.63, 3.8) is 0 Å². The molecule has 0 saturated carbocycles. The van der Waals surface area contributed by atoms with Gasteiger partial charge in [0.25, 0.3) is 0 Å². The van der Waals surface area contributed by atoms with E-state index in [1.807, 2.05) is 0 Å². The summed E-state index contributed by atoms with van der Waals surface area (Å²) in [5, 5.41) is 0. The Labute approximate surface area is 78.4 Å². The molecule has 0 rings (SSSR count). The fourth-order valence-electron chi connectivity index (χ4n) is 2.51. The molecule has 0 saturated heterocycles. The molecule has 0 unspecified atom stereocenters. The van der Waals surface area contributed by atoms with Gasteiger partial charge in [-0.05, 0) is 33.6 Å². The summed E-state index contributed by atoms with van der Waals surface area (Å²) in [6.45, 7) is 15.5. The Morgan fingerprint density at radius 3 is 1.17 bits per heavy atom. The SMILES string of the molecule is CCC(CC)[N+](CC)(CC)CC. The van der Waals surface area contributed by atoms with Crippen LogP contribution in [0, 0.1) is 0 Å². The maximum Gasteiger partial charge on any atom is 0.0884 e. The van der Waals surface area contributed by atoms with Gasteiger partial charge in [0.15, 0.2) is 0 Å². The maximum atomic E-state index is 2.32. The summed E-state index contributed by atoms with van der Waals surface area (Å²) >= 11 is 0. The first-order valence-electron chi connectivity index (χ1n) is 5.56. The number of rotatable bonds is 6. The van der Waals surface area contributed by atoms with Crippen LogP contribution in [0.5, 0.6) is 0 Å². The van der Waals surface area contributed by atoms with Crippen LogP contribution in [0.4, 0.5) is 0 Å². The summed E-state index contributed by atoms with van der Waals surface area (Å²) in [6, 6.07) is 0.880. The summed E-state index contributed by atoms with van der Waals surface area (Å²) in [6.07, 6.45) is 2.65. The molecule has 1 heteroatoms. The second-order valence-electron chi connectivity index (χ2n) is 3.64. The van der Waals surface area contributed by atoms with Crippen molar-refractivity contribution in [1.29, 1.82) is 0 Å². The molecule has 0 spiro atoms. The zero-order chi connectivity index (χ0) is 9.61. The average molecular weight is 172 g/mol. The van der Waals surface area contributed by atoms with Gasteiger partial charge in [0.1, 0.15) is 0 Å². The van der Waals surface area contributed by atoms with Gasteiger partial charge in [0.2, 0.25) is 0 Å². The molecule has 0 N–H and O–H groups in total. The fourth-order valence-corrected chi connectivity index (χ4v) is 2.51. The average Bonchev–Trinajstić information content (AvgIpc) is 2.14. The van der Waals surface area contributed by atoms with Gasteiger partial charge < -0.3 is 4.48 Å². The van der Waals surface area contributed by atoms with Crippen molar-refractivity contribution in [2.24, 2.45) is 0 Å². The van der Waals surface area contributed by atoms with Crippen LogP contribution in [0.1, 0.15) is 47.5 Å². The normalized spacial score (nSPS) is 12.5. The minimum absolute atomic E-state index is 0.880. The van der Waals surface area contributed by atoms with Crippen molar-refractivity contribution in [2.45, 2.75) is 53.5 Å². The molecule has 74 valence electrons. The number of hydrogen-bond acceptors (Lipinski definition) is 0. The molecule has 0 aliphatic carbocycles. The lowest BCUT2D eigenvalue weighted by Crippen LogP contribution is -2.54. The quantitative estimate of drug-likeness (QED) is 0.540. The molecular formula is C11H26N+. The van der Waals surface area contributed by atoms with E-state index in [1.54, 1.807) is 0 Å². The van der Waals surface area contributed by atoms with E-state index < -0.39 is 0 Å². The zero-order valence-electron chi connectivity index (χ0n) is 9.56. The fraction of sp³-hybridized carbons (Fsp3) is 1.00. The predicted octanol–water partition coefficient (Wildman–Crippen LogP) is 3.05. The monoisotopic (exact) mass is 172 g/mol. The van der Waals surface area contributed by atoms with E-state index in [2.05, 4.69) is 34.6 Å². The summed E-state index contributed by atoms with van der Waals surface area (Å²) in [5.41, 5.74) is 0. The number of quaternary nitrogens is 1. The van der Waals surface area contributed by atoms with Crippen LogP contribution >= 0.6 is 0 Å². The summed E-state index contributed by atoms with van der Waals surface area (Å²) < 4.78 is 1.31. The maximum absolute atomic E-state index is 2.32. The summed E-state index contributed by atoms with van der Waals surface area (Å²) in [4.78, 5) is 0. The van der Waals surface area contributed by atoms with E-state index >= 15 is 0 Å². The highest BCUT2D eigenvalue weighted by Gasteiger charge is 2.28. The van der Waals surface area contributed by atoms with Gasteiger partial charge in [-0.3, -0.25) is 0 Å². The summed E-state index contributed by atoms with van der Waals surface area (Å²) in [5.74, 6) is 0. The van der Waals surface area contributed by atoms with Crippen molar-refractivity contribution < 1.29 is 4.48 Å². The molecule has 0 atom stereocenters. The van der Waals surface area contributed by atoms with Crippen molar-refractivity contribution in [3.8, 4) is 0 Å². The van der Waals surface area contributed by atoms with Crippen LogP contribution in [0.25, 0.3) is 0 Å². The van der Waals surface area contributed by atoms with Crippen LogP contribution in [0.2, 0.25) is 0 Å². The molecular weight excluding hydrogens is 146 g/mol. The second-order valence-corrected chi connectivity index (χ2v) is 3.64. The van der Waals surface area contributed by atoms with E-state index in [1.165, 1.54) is 37.0 Å². The highest BCUT2D eigenvalue weighted by Crippen LogP contribution is 2.18. The molecule has 0 aromatic heterocycles. The summed E-state index contributed by atoms with van der Waals surface area (Å²) in [7, 11) is 0. The van der Waals surface area contributed by atoms with E-state index in [4.69, 9.17) is 0 Å². The van der Waals surface area contributed by atoms with Crippen LogP contribution in [-0.4, -0.2) is 30.2 Å². The van der Waals surface area contributed by atoms with Gasteiger partial charge in [-0.15, -0.1) is 0 Å². The molecule has 0 aliphatic rings. The van der Waals surface area contributed by atoms with Crippen LogP contribution < -0.4 is 0 Å². The third-order valence-corrected chi connectivity index (χ3v) is 3.61. The van der Waals surface area contributed by atoms with Crippen molar-refractivity contribution >= 4 is 0 Å². The molecule has 0 radical (unpaired) electrons. The Morgan fingerprint density at radius 1 is 0.750 bits per heavy atom. The molecule has 0 fully saturated rings. The second kappa shape index (κ2) is 5.58. The lowest BCUT2D eigenvalue weighted by atomic mass is 10.1. The first-order valence-corrected chi connectivity index (χ1v) is 5.56. The van der Waals surface area contributed by atoms with E-state index in [9.17, 15) is 0 Å². The number of nitrogens with zero attached hydrogens (tertiary/aromatic N) is 1. The molecule has 0 aromatic rings. The Morgan fingerprint density at radius 2 is 1.08 bits per heavy atom. The molecule has 0 bridgehead atoms. The van der Waals surface area contributed by atoms with Crippen molar-refractivity contribution in [3.05, 3.63) is 0 Å².